The quantitative estimate of drug-likeness (QED) is 0.774. The van der Waals surface area contributed by atoms with Crippen molar-refractivity contribution in [3.05, 3.63) is 35.4 Å². The molecular weight excluding hydrogens is 206 g/mol. The Kier molecular flexibility index (Phi) is 4.61. The lowest BCUT2D eigenvalue weighted by atomic mass is 9.96. The van der Waals surface area contributed by atoms with Gasteiger partial charge in [-0.15, -0.1) is 0 Å². The predicted molar refractivity (Wildman–Crippen MR) is 74.1 cm³/mol. The third-order valence-electron chi connectivity index (χ3n) is 4.18. The predicted octanol–water partition coefficient (Wildman–Crippen LogP) is 4.05. The topological polar surface area (TPSA) is 12.0 Å². The number of nitrogens with one attached hydrogen (secondary N) is 1. The van der Waals surface area contributed by atoms with Gasteiger partial charge in [0.1, 0.15) is 0 Å². The van der Waals surface area contributed by atoms with Crippen LogP contribution in [-0.4, -0.2) is 6.04 Å². The Morgan fingerprint density at radius 1 is 1.12 bits per heavy atom. The lowest BCUT2D eigenvalue weighted by molar-refractivity contribution is 0.356. The maximum atomic E-state index is 3.77. The average molecular weight is 231 g/mol. The summed E-state index contributed by atoms with van der Waals surface area (Å²) in [7, 11) is 0. The molecule has 1 aromatic rings. The SMILES string of the molecule is Cc1ccccc1CNC1CCCCCC1C. The summed E-state index contributed by atoms with van der Waals surface area (Å²) >= 11 is 0. The summed E-state index contributed by atoms with van der Waals surface area (Å²) in [6.45, 7) is 5.63. The largest absolute Gasteiger partial charge is 0.310 e. The van der Waals surface area contributed by atoms with Crippen molar-refractivity contribution in [2.24, 2.45) is 5.92 Å². The fourth-order valence-corrected chi connectivity index (χ4v) is 2.85. The van der Waals surface area contributed by atoms with Crippen molar-refractivity contribution in [2.45, 2.75) is 58.5 Å². The molecule has 0 saturated heterocycles. The van der Waals surface area contributed by atoms with E-state index in [0.29, 0.717) is 0 Å². The number of hydrogen-bond acceptors (Lipinski definition) is 1. The third kappa shape index (κ3) is 3.57. The van der Waals surface area contributed by atoms with Gasteiger partial charge in [0.25, 0.3) is 0 Å². The summed E-state index contributed by atoms with van der Waals surface area (Å²) in [6.07, 6.45) is 6.99. The Morgan fingerprint density at radius 2 is 1.88 bits per heavy atom. The maximum absolute atomic E-state index is 3.77. The molecule has 1 heteroatoms. The molecule has 17 heavy (non-hydrogen) atoms. The minimum atomic E-state index is 0.720. The van der Waals surface area contributed by atoms with Crippen LogP contribution < -0.4 is 5.32 Å². The van der Waals surface area contributed by atoms with Crippen molar-refractivity contribution < 1.29 is 0 Å². The Balaban J connectivity index is 1.90. The highest BCUT2D eigenvalue weighted by Crippen LogP contribution is 2.23. The van der Waals surface area contributed by atoms with Gasteiger partial charge in [-0.1, -0.05) is 50.5 Å². The van der Waals surface area contributed by atoms with Crippen molar-refractivity contribution in [3.63, 3.8) is 0 Å². The molecule has 1 N–H and O–H groups in total. The summed E-state index contributed by atoms with van der Waals surface area (Å²) in [5, 5.41) is 3.77. The molecule has 2 unspecified atom stereocenters. The van der Waals surface area contributed by atoms with E-state index in [9.17, 15) is 0 Å². The molecule has 1 fully saturated rings. The monoisotopic (exact) mass is 231 g/mol. The minimum absolute atomic E-state index is 0.720. The van der Waals surface area contributed by atoms with E-state index in [4.69, 9.17) is 0 Å². The van der Waals surface area contributed by atoms with Gasteiger partial charge in [-0.05, 0) is 36.8 Å². The van der Waals surface area contributed by atoms with Crippen LogP contribution in [0.15, 0.2) is 24.3 Å². The Morgan fingerprint density at radius 3 is 2.71 bits per heavy atom. The van der Waals surface area contributed by atoms with E-state index >= 15 is 0 Å². The van der Waals surface area contributed by atoms with Gasteiger partial charge in [0, 0.05) is 12.6 Å². The first-order chi connectivity index (χ1) is 8.27. The van der Waals surface area contributed by atoms with E-state index in [1.807, 2.05) is 0 Å². The number of rotatable bonds is 3. The van der Waals surface area contributed by atoms with E-state index in [-0.39, 0.29) is 0 Å². The van der Waals surface area contributed by atoms with Crippen molar-refractivity contribution in [2.75, 3.05) is 0 Å². The fourth-order valence-electron chi connectivity index (χ4n) is 2.85. The second-order valence-electron chi connectivity index (χ2n) is 5.53. The van der Waals surface area contributed by atoms with Crippen molar-refractivity contribution in [1.29, 1.82) is 0 Å². The molecule has 0 aromatic heterocycles. The smallest absolute Gasteiger partial charge is 0.0210 e. The second kappa shape index (κ2) is 6.20. The van der Waals surface area contributed by atoms with Crippen LogP contribution in [0.25, 0.3) is 0 Å². The van der Waals surface area contributed by atoms with Gasteiger partial charge in [-0.25, -0.2) is 0 Å². The Bertz CT molecular complexity index is 345. The lowest BCUT2D eigenvalue weighted by Gasteiger charge is -2.23. The second-order valence-corrected chi connectivity index (χ2v) is 5.53. The van der Waals surface area contributed by atoms with Crippen LogP contribution in [0.3, 0.4) is 0 Å². The zero-order valence-corrected chi connectivity index (χ0v) is 11.2. The Hall–Kier alpha value is -0.820. The van der Waals surface area contributed by atoms with Crippen LogP contribution in [-0.2, 0) is 6.54 Å². The molecule has 0 spiro atoms. The molecule has 1 saturated carbocycles. The molecular formula is C16H25N. The molecule has 2 atom stereocenters. The molecule has 1 aromatic carbocycles. The van der Waals surface area contributed by atoms with Crippen molar-refractivity contribution >= 4 is 0 Å². The zero-order chi connectivity index (χ0) is 12.1. The molecule has 0 bridgehead atoms. The Labute approximate surface area is 106 Å². The van der Waals surface area contributed by atoms with E-state index in [0.717, 1.165) is 18.5 Å². The molecule has 94 valence electrons. The van der Waals surface area contributed by atoms with Crippen LogP contribution in [0.4, 0.5) is 0 Å². The normalized spacial score (nSPS) is 25.5. The zero-order valence-electron chi connectivity index (χ0n) is 11.2. The standard InChI is InChI=1S/C16H25N/c1-13-8-6-7-10-15(13)12-17-16-11-5-3-4-9-14(16)2/h6-8,10,14,16-17H,3-5,9,11-12H2,1-2H3. The maximum Gasteiger partial charge on any atom is 0.0210 e. The molecule has 1 aliphatic rings. The van der Waals surface area contributed by atoms with Crippen LogP contribution in [0.5, 0.6) is 0 Å². The van der Waals surface area contributed by atoms with E-state index in [2.05, 4.69) is 43.4 Å². The van der Waals surface area contributed by atoms with Gasteiger partial charge < -0.3 is 5.32 Å². The fraction of sp³-hybridized carbons (Fsp3) is 0.625. The van der Waals surface area contributed by atoms with E-state index in [1.165, 1.54) is 43.2 Å². The van der Waals surface area contributed by atoms with E-state index < -0.39 is 0 Å². The van der Waals surface area contributed by atoms with Crippen LogP contribution in [0.2, 0.25) is 0 Å². The van der Waals surface area contributed by atoms with Crippen molar-refractivity contribution in [1.82, 2.24) is 5.32 Å². The van der Waals surface area contributed by atoms with Gasteiger partial charge >= 0.3 is 0 Å². The van der Waals surface area contributed by atoms with Gasteiger partial charge in [-0.3, -0.25) is 0 Å². The molecule has 1 aliphatic carbocycles. The number of benzene rings is 1. The summed E-state index contributed by atoms with van der Waals surface area (Å²) in [5.41, 5.74) is 2.85. The highest BCUT2D eigenvalue weighted by molar-refractivity contribution is 5.25. The summed E-state index contributed by atoms with van der Waals surface area (Å²) < 4.78 is 0. The minimum Gasteiger partial charge on any atom is -0.310 e. The van der Waals surface area contributed by atoms with Gasteiger partial charge in [0.05, 0.1) is 0 Å². The number of hydrogen-bond donors (Lipinski definition) is 1. The first kappa shape index (κ1) is 12.6. The summed E-state index contributed by atoms with van der Waals surface area (Å²) in [5.74, 6) is 0.835. The molecule has 0 amide bonds. The molecule has 0 heterocycles. The van der Waals surface area contributed by atoms with Crippen LogP contribution in [0.1, 0.15) is 50.2 Å². The van der Waals surface area contributed by atoms with Crippen LogP contribution >= 0.6 is 0 Å². The first-order valence-corrected chi connectivity index (χ1v) is 7.05. The average Bonchev–Trinajstić information content (AvgIpc) is 2.53. The highest BCUT2D eigenvalue weighted by atomic mass is 14.9. The van der Waals surface area contributed by atoms with Crippen LogP contribution in [0, 0.1) is 12.8 Å². The first-order valence-electron chi connectivity index (χ1n) is 7.05. The van der Waals surface area contributed by atoms with Gasteiger partial charge in [0.15, 0.2) is 0 Å². The molecule has 0 radical (unpaired) electrons. The van der Waals surface area contributed by atoms with Crippen molar-refractivity contribution in [3.8, 4) is 0 Å². The molecule has 0 aliphatic heterocycles. The summed E-state index contributed by atoms with van der Waals surface area (Å²) in [4.78, 5) is 0. The molecule has 1 nitrogen and oxygen atoms in total. The van der Waals surface area contributed by atoms with Gasteiger partial charge in [-0.2, -0.15) is 0 Å². The highest BCUT2D eigenvalue weighted by Gasteiger charge is 2.19. The van der Waals surface area contributed by atoms with E-state index in [1.54, 1.807) is 0 Å². The third-order valence-corrected chi connectivity index (χ3v) is 4.18. The number of aryl methyl sites for hydroxylation is 1. The summed E-state index contributed by atoms with van der Waals surface area (Å²) in [6, 6.07) is 9.42. The lowest BCUT2D eigenvalue weighted by Crippen LogP contribution is -2.33. The van der Waals surface area contributed by atoms with Gasteiger partial charge in [0.2, 0.25) is 0 Å². The molecule has 2 rings (SSSR count).